The van der Waals surface area contributed by atoms with E-state index in [0.29, 0.717) is 5.52 Å². The van der Waals surface area contributed by atoms with Crippen molar-refractivity contribution in [3.8, 4) is 0 Å². The molecule has 2 aromatic rings. The Hall–Kier alpha value is -1.89. The molecule has 2 heterocycles. The van der Waals surface area contributed by atoms with Gasteiger partial charge in [0, 0.05) is 5.54 Å². The number of hydrogen-bond donors (Lipinski definition) is 2. The molecule has 0 spiro atoms. The van der Waals surface area contributed by atoms with Crippen LogP contribution in [0, 0.1) is 0 Å². The largest absolute Gasteiger partial charge is 0.368 e. The zero-order valence-corrected chi connectivity index (χ0v) is 11.0. The first-order valence-corrected chi connectivity index (χ1v) is 5.64. The van der Waals surface area contributed by atoms with Crippen molar-refractivity contribution in [1.29, 1.82) is 0 Å². The van der Waals surface area contributed by atoms with Gasteiger partial charge in [-0.05, 0) is 20.8 Å². The van der Waals surface area contributed by atoms with Crippen LogP contribution in [-0.2, 0) is 0 Å². The number of nitrogens with zero attached hydrogens (tertiary/aromatic N) is 4. The first-order chi connectivity index (χ1) is 8.28. The monoisotopic (exact) mass is 268 g/mol. The summed E-state index contributed by atoms with van der Waals surface area (Å²) in [6.45, 7) is 5.63. The molecule has 0 atom stereocenters. The summed E-state index contributed by atoms with van der Waals surface area (Å²) in [7, 11) is 0. The van der Waals surface area contributed by atoms with Gasteiger partial charge in [0.05, 0.1) is 0 Å². The molecular weight excluding hydrogens is 256 g/mol. The fourth-order valence-electron chi connectivity index (χ4n) is 1.41. The molecule has 0 saturated carbocycles. The summed E-state index contributed by atoms with van der Waals surface area (Å²) in [6, 6.07) is -0.348. The van der Waals surface area contributed by atoms with E-state index >= 15 is 0 Å². The van der Waals surface area contributed by atoms with Gasteiger partial charge in [0.25, 0.3) is 0 Å². The number of amides is 1. The number of nitrogen functional groups attached to an aromatic ring is 1. The summed E-state index contributed by atoms with van der Waals surface area (Å²) in [5, 5.41) is 2.92. The summed E-state index contributed by atoms with van der Waals surface area (Å²) in [6.07, 6.45) is 1.34. The molecule has 0 unspecified atom stereocenters. The highest BCUT2D eigenvalue weighted by molar-refractivity contribution is 6.33. The molecule has 0 fully saturated rings. The molecule has 3 N–H and O–H groups in total. The lowest BCUT2D eigenvalue weighted by Gasteiger charge is -2.20. The SMILES string of the molecule is CC(C)(C)NC(=O)n1cnc2c(Cl)nc(N)nc21. The third-order valence-electron chi connectivity index (χ3n) is 2.07. The fourth-order valence-corrected chi connectivity index (χ4v) is 1.63. The first-order valence-electron chi connectivity index (χ1n) is 5.26. The van der Waals surface area contributed by atoms with Crippen LogP contribution >= 0.6 is 11.6 Å². The Labute approximate surface area is 108 Å². The van der Waals surface area contributed by atoms with Gasteiger partial charge >= 0.3 is 6.03 Å². The molecule has 96 valence electrons. The van der Waals surface area contributed by atoms with Crippen LogP contribution in [0.4, 0.5) is 10.7 Å². The number of halogens is 1. The second-order valence-corrected chi connectivity index (χ2v) is 5.20. The molecule has 7 nitrogen and oxygen atoms in total. The van der Waals surface area contributed by atoms with Crippen LogP contribution in [-0.4, -0.2) is 31.1 Å². The van der Waals surface area contributed by atoms with Crippen molar-refractivity contribution in [1.82, 2.24) is 24.8 Å². The third-order valence-corrected chi connectivity index (χ3v) is 2.34. The number of fused-ring (bicyclic) bond motifs is 1. The van der Waals surface area contributed by atoms with E-state index in [1.54, 1.807) is 0 Å². The number of rotatable bonds is 0. The number of imidazole rings is 1. The topological polar surface area (TPSA) is 98.7 Å². The van der Waals surface area contributed by atoms with Crippen molar-refractivity contribution in [2.75, 3.05) is 5.73 Å². The molecule has 1 amide bonds. The molecule has 18 heavy (non-hydrogen) atoms. The molecule has 2 rings (SSSR count). The molecule has 0 aromatic carbocycles. The van der Waals surface area contributed by atoms with Crippen LogP contribution in [0.2, 0.25) is 5.15 Å². The van der Waals surface area contributed by atoms with Crippen molar-refractivity contribution in [2.24, 2.45) is 0 Å². The predicted octanol–water partition coefficient (Wildman–Crippen LogP) is 1.42. The number of carbonyl (C=O) groups excluding carboxylic acids is 1. The number of aromatic nitrogens is 4. The van der Waals surface area contributed by atoms with Gasteiger partial charge in [-0.25, -0.2) is 14.3 Å². The van der Waals surface area contributed by atoms with E-state index in [2.05, 4.69) is 20.3 Å². The van der Waals surface area contributed by atoms with Gasteiger partial charge < -0.3 is 11.1 Å². The minimum atomic E-state index is -0.365. The maximum Gasteiger partial charge on any atom is 0.328 e. The second-order valence-electron chi connectivity index (χ2n) is 4.84. The minimum Gasteiger partial charge on any atom is -0.368 e. The van der Waals surface area contributed by atoms with Gasteiger partial charge in [-0.2, -0.15) is 9.97 Å². The Balaban J connectivity index is 2.49. The van der Waals surface area contributed by atoms with E-state index < -0.39 is 0 Å². The number of carbonyl (C=O) groups is 1. The van der Waals surface area contributed by atoms with Gasteiger partial charge in [0.15, 0.2) is 10.8 Å². The average molecular weight is 269 g/mol. The Bertz CT molecular complexity index is 615. The minimum absolute atomic E-state index is 0.00203. The molecule has 0 saturated heterocycles. The predicted molar refractivity (Wildman–Crippen MR) is 68.4 cm³/mol. The molecule has 0 bridgehead atoms. The number of nitrogens with one attached hydrogen (secondary N) is 1. The average Bonchev–Trinajstić information content (AvgIpc) is 2.58. The van der Waals surface area contributed by atoms with Crippen molar-refractivity contribution >= 4 is 34.7 Å². The second kappa shape index (κ2) is 4.09. The standard InChI is InChI=1S/C10H13ClN6O/c1-10(2,3)16-9(18)17-4-13-5-6(11)14-8(12)15-7(5)17/h4H,1-3H3,(H,16,18)(H2,12,14,15). The van der Waals surface area contributed by atoms with Crippen molar-refractivity contribution < 1.29 is 4.79 Å². The smallest absolute Gasteiger partial charge is 0.328 e. The van der Waals surface area contributed by atoms with E-state index in [1.807, 2.05) is 20.8 Å². The van der Waals surface area contributed by atoms with Gasteiger partial charge in [-0.15, -0.1) is 0 Å². The summed E-state index contributed by atoms with van der Waals surface area (Å²) in [5.74, 6) is -0.00203. The summed E-state index contributed by atoms with van der Waals surface area (Å²) < 4.78 is 1.25. The zero-order valence-electron chi connectivity index (χ0n) is 10.2. The van der Waals surface area contributed by atoms with E-state index in [1.165, 1.54) is 10.9 Å². The molecule has 0 aliphatic carbocycles. The van der Waals surface area contributed by atoms with E-state index in [0.717, 1.165) is 0 Å². The fraction of sp³-hybridized carbons (Fsp3) is 0.400. The summed E-state index contributed by atoms with van der Waals surface area (Å²) in [4.78, 5) is 23.8. The molecule has 0 aliphatic rings. The van der Waals surface area contributed by atoms with E-state index in [-0.39, 0.29) is 28.3 Å². The van der Waals surface area contributed by atoms with Crippen molar-refractivity contribution in [2.45, 2.75) is 26.3 Å². The highest BCUT2D eigenvalue weighted by Gasteiger charge is 2.19. The Morgan fingerprint density at radius 1 is 1.44 bits per heavy atom. The van der Waals surface area contributed by atoms with Crippen LogP contribution in [0.15, 0.2) is 6.33 Å². The lowest BCUT2D eigenvalue weighted by Crippen LogP contribution is -2.42. The molecular formula is C10H13ClN6O. The van der Waals surface area contributed by atoms with Crippen molar-refractivity contribution in [3.05, 3.63) is 11.5 Å². The molecule has 2 aromatic heterocycles. The van der Waals surface area contributed by atoms with Crippen molar-refractivity contribution in [3.63, 3.8) is 0 Å². The Morgan fingerprint density at radius 3 is 2.72 bits per heavy atom. The molecule has 0 aliphatic heterocycles. The lowest BCUT2D eigenvalue weighted by atomic mass is 10.1. The maximum atomic E-state index is 12.0. The highest BCUT2D eigenvalue weighted by atomic mass is 35.5. The van der Waals surface area contributed by atoms with Crippen LogP contribution < -0.4 is 11.1 Å². The van der Waals surface area contributed by atoms with Gasteiger partial charge in [-0.3, -0.25) is 0 Å². The Kier molecular flexibility index (Phi) is 2.86. The summed E-state index contributed by atoms with van der Waals surface area (Å²) in [5.41, 5.74) is 5.76. The van der Waals surface area contributed by atoms with E-state index in [4.69, 9.17) is 17.3 Å². The normalized spacial score (nSPS) is 11.8. The van der Waals surface area contributed by atoms with Gasteiger partial charge in [0.1, 0.15) is 11.8 Å². The molecule has 0 radical (unpaired) electrons. The number of anilines is 1. The highest BCUT2D eigenvalue weighted by Crippen LogP contribution is 2.19. The van der Waals surface area contributed by atoms with Gasteiger partial charge in [0.2, 0.25) is 5.95 Å². The van der Waals surface area contributed by atoms with Gasteiger partial charge in [-0.1, -0.05) is 11.6 Å². The Morgan fingerprint density at radius 2 is 2.11 bits per heavy atom. The van der Waals surface area contributed by atoms with Crippen LogP contribution in [0.5, 0.6) is 0 Å². The third kappa shape index (κ3) is 2.35. The number of hydrogen-bond acceptors (Lipinski definition) is 5. The maximum absolute atomic E-state index is 12.0. The summed E-state index contributed by atoms with van der Waals surface area (Å²) >= 11 is 5.87. The first kappa shape index (κ1) is 12.6. The van der Waals surface area contributed by atoms with Crippen LogP contribution in [0.3, 0.4) is 0 Å². The van der Waals surface area contributed by atoms with Crippen LogP contribution in [0.1, 0.15) is 20.8 Å². The van der Waals surface area contributed by atoms with E-state index in [9.17, 15) is 4.79 Å². The quantitative estimate of drug-likeness (QED) is 0.704. The molecule has 8 heteroatoms. The van der Waals surface area contributed by atoms with Crippen LogP contribution in [0.25, 0.3) is 11.2 Å². The lowest BCUT2D eigenvalue weighted by molar-refractivity contribution is 0.234. The zero-order chi connectivity index (χ0) is 13.5. The number of nitrogens with two attached hydrogens (primary N) is 1.